The first kappa shape index (κ1) is 8.17. The van der Waals surface area contributed by atoms with E-state index in [0.29, 0.717) is 0 Å². The van der Waals surface area contributed by atoms with Gasteiger partial charge in [0, 0.05) is 6.92 Å². The summed E-state index contributed by atoms with van der Waals surface area (Å²) in [6.07, 6.45) is 3.66. The van der Waals surface area contributed by atoms with E-state index in [1.807, 2.05) is 18.2 Å². The highest BCUT2D eigenvalue weighted by Crippen LogP contribution is 2.32. The summed E-state index contributed by atoms with van der Waals surface area (Å²) in [4.78, 5) is 10.5. The van der Waals surface area contributed by atoms with Crippen LogP contribution >= 0.6 is 0 Å². The Balaban J connectivity index is 2.14. The Morgan fingerprint density at radius 3 is 3.00 bits per heavy atom. The quantitative estimate of drug-likeness (QED) is 0.468. The Labute approximate surface area is 76.9 Å². The number of carbonyl (C=O) groups excluding carboxylic acids is 2. The highest BCUT2D eigenvalue weighted by molar-refractivity contribution is 5.76. The molecular formula is C11H10O2. The number of rotatable bonds is 1. The summed E-state index contributed by atoms with van der Waals surface area (Å²) < 4.78 is 4.71. The summed E-state index contributed by atoms with van der Waals surface area (Å²) in [5.74, 6) is -0.121. The van der Waals surface area contributed by atoms with Crippen molar-refractivity contribution in [2.24, 2.45) is 0 Å². The second kappa shape index (κ2) is 3.13. The molecule has 1 aliphatic rings. The number of hydrogen-bond donors (Lipinski definition) is 0. The predicted octanol–water partition coefficient (Wildman–Crippen LogP) is 1.52. The average Bonchev–Trinajstić information content (AvgIpc) is 2.06. The highest BCUT2D eigenvalue weighted by atomic mass is 16.4. The normalized spacial score (nSPS) is 19.6. The van der Waals surface area contributed by atoms with Gasteiger partial charge in [-0.15, -0.1) is 0 Å². The van der Waals surface area contributed by atoms with Gasteiger partial charge in [0.25, 0.3) is 0 Å². The van der Waals surface area contributed by atoms with Crippen LogP contribution in [0.5, 0.6) is 0 Å². The summed E-state index contributed by atoms with van der Waals surface area (Å²) in [5, 5.41) is 0. The minimum Gasteiger partial charge on any atom is -0.467 e. The molecule has 1 aromatic carbocycles. The zero-order valence-electron chi connectivity index (χ0n) is 7.41. The van der Waals surface area contributed by atoms with Gasteiger partial charge in [-0.3, -0.25) is 0 Å². The molecule has 0 heterocycles. The lowest BCUT2D eigenvalue weighted by molar-refractivity contribution is -0.146. The molecule has 0 aliphatic heterocycles. The van der Waals surface area contributed by atoms with Crippen LogP contribution in [0.25, 0.3) is 0 Å². The summed E-state index contributed by atoms with van der Waals surface area (Å²) in [6.45, 7) is 1.39. The van der Waals surface area contributed by atoms with Gasteiger partial charge in [-0.1, -0.05) is 29.1 Å². The Kier molecular flexibility index (Phi) is 1.97. The van der Waals surface area contributed by atoms with Gasteiger partial charge in [0.05, 0.1) is 6.29 Å². The van der Waals surface area contributed by atoms with Crippen LogP contribution in [-0.4, -0.2) is 12.3 Å². The Morgan fingerprint density at radius 2 is 2.31 bits per heavy atom. The molecule has 2 rings (SSSR count). The third-order valence-corrected chi connectivity index (χ3v) is 2.20. The molecule has 1 aromatic rings. The van der Waals surface area contributed by atoms with E-state index in [9.17, 15) is 4.79 Å². The summed E-state index contributed by atoms with van der Waals surface area (Å²) in [5.41, 5.74) is 2.55. The predicted molar refractivity (Wildman–Crippen MR) is 49.3 cm³/mol. The molecule has 0 spiro atoms. The summed E-state index contributed by atoms with van der Waals surface area (Å²) in [6, 6.07) is 8.13. The fourth-order valence-corrected chi connectivity index (χ4v) is 1.52. The lowest BCUT2D eigenvalue weighted by Crippen LogP contribution is -2.18. The molecule has 0 N–H and O–H groups in total. The first-order valence-electron chi connectivity index (χ1n) is 4.28. The van der Waals surface area contributed by atoms with Gasteiger partial charge in [-0.05, 0) is 23.5 Å². The third kappa shape index (κ3) is 1.52. The van der Waals surface area contributed by atoms with Gasteiger partial charge in [0.15, 0.2) is 0 Å². The second-order valence-corrected chi connectivity index (χ2v) is 3.17. The second-order valence-electron chi connectivity index (χ2n) is 3.17. The molecule has 1 unspecified atom stereocenters. The first-order chi connectivity index (χ1) is 6.27. The fraction of sp³-hybridized carbons (Fsp3) is 0.273. The van der Waals surface area contributed by atoms with Crippen molar-refractivity contribution in [3.8, 4) is 0 Å². The van der Waals surface area contributed by atoms with Gasteiger partial charge in [0.2, 0.25) is 0 Å². The molecule has 1 aliphatic carbocycles. The number of hydrogen-bond acceptors (Lipinski definition) is 1. The Bertz CT molecular complexity index is 366. The lowest BCUT2D eigenvalue weighted by atomic mass is 9.79. The first-order valence-corrected chi connectivity index (χ1v) is 4.28. The molecule has 66 valence electrons. The van der Waals surface area contributed by atoms with E-state index in [0.717, 1.165) is 6.42 Å². The smallest absolute Gasteiger partial charge is 0.422 e. The van der Waals surface area contributed by atoms with Crippen LogP contribution in [0.3, 0.4) is 0 Å². The molecule has 0 bridgehead atoms. The van der Waals surface area contributed by atoms with Crippen LogP contribution in [0.4, 0.5) is 0 Å². The molecule has 1 atom stereocenters. The maximum Gasteiger partial charge on any atom is 0.422 e. The molecule has 0 radical (unpaired) electrons. The number of benzene rings is 1. The van der Waals surface area contributed by atoms with Gasteiger partial charge < -0.3 is 4.42 Å². The van der Waals surface area contributed by atoms with Crippen molar-refractivity contribution < 1.29 is 9.22 Å². The molecule has 13 heavy (non-hydrogen) atoms. The van der Waals surface area contributed by atoms with E-state index < -0.39 is 0 Å². The van der Waals surface area contributed by atoms with E-state index in [1.165, 1.54) is 18.1 Å². The highest BCUT2D eigenvalue weighted by Gasteiger charge is 2.22. The fourth-order valence-electron chi connectivity index (χ4n) is 1.52. The van der Waals surface area contributed by atoms with Crippen molar-refractivity contribution >= 4 is 12.3 Å². The van der Waals surface area contributed by atoms with Crippen molar-refractivity contribution in [1.82, 2.24) is 0 Å². The molecule has 2 heteroatoms. The minimum atomic E-state index is -0.301. The average molecular weight is 174 g/mol. The van der Waals surface area contributed by atoms with Crippen LogP contribution in [0.1, 0.15) is 24.0 Å². The summed E-state index contributed by atoms with van der Waals surface area (Å²) >= 11 is 0. The van der Waals surface area contributed by atoms with Crippen LogP contribution in [0.15, 0.2) is 24.3 Å². The zero-order chi connectivity index (χ0) is 9.26. The zero-order valence-corrected chi connectivity index (χ0v) is 7.41. The van der Waals surface area contributed by atoms with Gasteiger partial charge in [-0.25, -0.2) is 0 Å². The molecule has 0 aromatic heterocycles. The molecule has 2 nitrogen and oxygen atoms in total. The third-order valence-electron chi connectivity index (χ3n) is 2.20. The largest absolute Gasteiger partial charge is 0.467 e. The topological polar surface area (TPSA) is 28.4 Å². The summed E-state index contributed by atoms with van der Waals surface area (Å²) in [7, 11) is 0. The van der Waals surface area contributed by atoms with E-state index in [-0.39, 0.29) is 11.9 Å². The van der Waals surface area contributed by atoms with Crippen LogP contribution < -0.4 is 0 Å². The minimum absolute atomic E-state index is 0.181. The monoisotopic (exact) mass is 174 g/mol. The maximum atomic E-state index is 10.5. The van der Waals surface area contributed by atoms with Crippen molar-refractivity contribution in [3.05, 3.63) is 35.4 Å². The lowest BCUT2D eigenvalue weighted by Gasteiger charge is -2.27. The van der Waals surface area contributed by atoms with E-state index in [2.05, 4.69) is 12.4 Å². The number of carbonyl (C=O) groups is 1. The standard InChI is InChI=1S/C11H10O2/c1-8(12)13-7-10-6-9-4-2-3-5-11(9)10/h2-5,10H,6H2,1H3. The van der Waals surface area contributed by atoms with Crippen LogP contribution in [-0.2, 0) is 15.6 Å². The Hall–Kier alpha value is -1.44. The van der Waals surface area contributed by atoms with Crippen LogP contribution in [0.2, 0.25) is 0 Å². The van der Waals surface area contributed by atoms with Gasteiger partial charge in [0.1, 0.15) is 0 Å². The Morgan fingerprint density at radius 1 is 1.54 bits per heavy atom. The van der Waals surface area contributed by atoms with Crippen LogP contribution in [0, 0.1) is 0 Å². The molecular weight excluding hydrogens is 164 g/mol. The van der Waals surface area contributed by atoms with Crippen molar-refractivity contribution in [2.45, 2.75) is 19.3 Å². The van der Waals surface area contributed by atoms with Crippen molar-refractivity contribution in [1.29, 1.82) is 0 Å². The number of fused-ring (bicyclic) bond motifs is 1. The van der Waals surface area contributed by atoms with E-state index in [1.54, 1.807) is 0 Å². The maximum absolute atomic E-state index is 10.5. The molecule has 0 fully saturated rings. The molecule has 0 amide bonds. The SMILES string of the molecule is CC(=O)[O+]=[C-]C1Cc2ccccc21. The van der Waals surface area contributed by atoms with Crippen molar-refractivity contribution in [2.75, 3.05) is 0 Å². The van der Waals surface area contributed by atoms with E-state index in [4.69, 9.17) is 4.42 Å². The van der Waals surface area contributed by atoms with Gasteiger partial charge >= 0.3 is 5.97 Å². The van der Waals surface area contributed by atoms with Crippen molar-refractivity contribution in [3.63, 3.8) is 0 Å². The molecule has 0 saturated heterocycles. The molecule has 0 saturated carbocycles. The van der Waals surface area contributed by atoms with Gasteiger partial charge in [-0.2, -0.15) is 0 Å². The van der Waals surface area contributed by atoms with E-state index >= 15 is 0 Å².